The average Bonchev–Trinajstić information content (AvgIpc) is 2.64. The van der Waals surface area contributed by atoms with Crippen molar-refractivity contribution in [1.29, 1.82) is 0 Å². The quantitative estimate of drug-likeness (QED) is 0.701. The summed E-state index contributed by atoms with van der Waals surface area (Å²) in [6.45, 7) is 1.40. The number of ether oxygens (including phenoxy) is 1. The molecule has 0 spiro atoms. The van der Waals surface area contributed by atoms with Gasteiger partial charge in [0.2, 0.25) is 17.7 Å². The number of hydrogen-bond donors (Lipinski definition) is 2. The van der Waals surface area contributed by atoms with Gasteiger partial charge in [0.15, 0.2) is 0 Å². The molecule has 0 saturated heterocycles. The van der Waals surface area contributed by atoms with Gasteiger partial charge < -0.3 is 15.4 Å². The highest BCUT2D eigenvalue weighted by molar-refractivity contribution is 5.92. The third-order valence-corrected chi connectivity index (χ3v) is 3.51. The summed E-state index contributed by atoms with van der Waals surface area (Å²) in [6, 6.07) is 18.0. The molecular formula is C20H18N4O3. The molecule has 0 unspecified atom stereocenters. The lowest BCUT2D eigenvalue weighted by molar-refractivity contribution is -0.116. The maximum absolute atomic E-state index is 12.1. The lowest BCUT2D eigenvalue weighted by Crippen LogP contribution is -2.14. The van der Waals surface area contributed by atoms with Crippen molar-refractivity contribution in [1.82, 2.24) is 9.97 Å². The van der Waals surface area contributed by atoms with E-state index in [1.807, 2.05) is 42.5 Å². The zero-order valence-corrected chi connectivity index (χ0v) is 14.7. The second kappa shape index (κ2) is 8.57. The van der Waals surface area contributed by atoms with E-state index in [2.05, 4.69) is 20.6 Å². The van der Waals surface area contributed by atoms with Crippen LogP contribution >= 0.6 is 0 Å². The molecule has 0 aliphatic rings. The Hall–Kier alpha value is -3.74. The molecule has 1 heterocycles. The molecule has 2 aromatic carbocycles. The largest absolute Gasteiger partial charge is 0.439 e. The third-order valence-electron chi connectivity index (χ3n) is 3.51. The fourth-order valence-electron chi connectivity index (χ4n) is 2.35. The monoisotopic (exact) mass is 362 g/mol. The summed E-state index contributed by atoms with van der Waals surface area (Å²) in [6.07, 6.45) is 1.57. The molecule has 0 radical (unpaired) electrons. The van der Waals surface area contributed by atoms with Crippen LogP contribution in [0.2, 0.25) is 0 Å². The summed E-state index contributed by atoms with van der Waals surface area (Å²) in [5.41, 5.74) is 1.62. The van der Waals surface area contributed by atoms with Crippen molar-refractivity contribution in [3.63, 3.8) is 0 Å². The molecule has 7 heteroatoms. The number of anilines is 2. The summed E-state index contributed by atoms with van der Waals surface area (Å²) < 4.78 is 5.65. The van der Waals surface area contributed by atoms with Crippen LogP contribution in [0.1, 0.15) is 12.5 Å². The van der Waals surface area contributed by atoms with Crippen LogP contribution in [0.25, 0.3) is 0 Å². The molecule has 2 amide bonds. The van der Waals surface area contributed by atoms with Gasteiger partial charge in [-0.05, 0) is 29.8 Å². The normalized spacial score (nSPS) is 10.1. The first kappa shape index (κ1) is 18.1. The Kier molecular flexibility index (Phi) is 5.73. The van der Waals surface area contributed by atoms with Crippen molar-refractivity contribution in [2.75, 3.05) is 10.6 Å². The zero-order valence-electron chi connectivity index (χ0n) is 14.7. The lowest BCUT2D eigenvalue weighted by atomic mass is 10.1. The number of nitrogens with one attached hydrogen (secondary N) is 2. The molecule has 136 valence electrons. The second-order valence-corrected chi connectivity index (χ2v) is 5.76. The van der Waals surface area contributed by atoms with Gasteiger partial charge in [0, 0.05) is 18.7 Å². The second-order valence-electron chi connectivity index (χ2n) is 5.76. The van der Waals surface area contributed by atoms with Gasteiger partial charge in [-0.25, -0.2) is 9.97 Å². The fraction of sp³-hybridized carbons (Fsp3) is 0.100. The Labute approximate surface area is 156 Å². The van der Waals surface area contributed by atoms with E-state index in [4.69, 9.17) is 4.74 Å². The summed E-state index contributed by atoms with van der Waals surface area (Å²) in [5, 5.41) is 5.41. The molecule has 1 aromatic heterocycles. The van der Waals surface area contributed by atoms with Gasteiger partial charge in [-0.15, -0.1) is 0 Å². The van der Waals surface area contributed by atoms with E-state index in [1.165, 1.54) is 19.3 Å². The minimum atomic E-state index is -0.224. The van der Waals surface area contributed by atoms with Gasteiger partial charge in [-0.2, -0.15) is 0 Å². The van der Waals surface area contributed by atoms with Gasteiger partial charge in [0.25, 0.3) is 0 Å². The van der Waals surface area contributed by atoms with Crippen LogP contribution in [0.4, 0.5) is 11.5 Å². The smallest absolute Gasteiger partial charge is 0.228 e. The van der Waals surface area contributed by atoms with E-state index in [0.29, 0.717) is 17.4 Å². The highest BCUT2D eigenvalue weighted by atomic mass is 16.5. The molecule has 0 atom stereocenters. The van der Waals surface area contributed by atoms with Gasteiger partial charge in [0.1, 0.15) is 17.9 Å². The van der Waals surface area contributed by atoms with Crippen molar-refractivity contribution in [3.8, 4) is 11.6 Å². The van der Waals surface area contributed by atoms with Crippen LogP contribution in [0.5, 0.6) is 11.6 Å². The van der Waals surface area contributed by atoms with Crippen LogP contribution in [0.3, 0.4) is 0 Å². The van der Waals surface area contributed by atoms with Gasteiger partial charge >= 0.3 is 0 Å². The summed E-state index contributed by atoms with van der Waals surface area (Å²) >= 11 is 0. The van der Waals surface area contributed by atoms with Crippen molar-refractivity contribution >= 4 is 23.3 Å². The average molecular weight is 362 g/mol. The van der Waals surface area contributed by atoms with E-state index in [1.54, 1.807) is 12.1 Å². The third kappa shape index (κ3) is 5.64. The highest BCUT2D eigenvalue weighted by Crippen LogP contribution is 2.21. The van der Waals surface area contributed by atoms with Crippen molar-refractivity contribution < 1.29 is 14.3 Å². The van der Waals surface area contributed by atoms with Crippen LogP contribution in [0, 0.1) is 0 Å². The molecule has 0 aliphatic carbocycles. The molecule has 0 bridgehead atoms. The first-order chi connectivity index (χ1) is 13.1. The number of rotatable bonds is 6. The van der Waals surface area contributed by atoms with Crippen LogP contribution in [0.15, 0.2) is 67.0 Å². The molecule has 3 rings (SSSR count). The number of carbonyl (C=O) groups is 2. The fourth-order valence-corrected chi connectivity index (χ4v) is 2.35. The lowest BCUT2D eigenvalue weighted by Gasteiger charge is -2.08. The molecule has 3 aromatic rings. The summed E-state index contributed by atoms with van der Waals surface area (Å²) in [7, 11) is 0. The number of aromatic nitrogens is 2. The maximum atomic E-state index is 12.1. The Bertz CT molecular complexity index is 927. The van der Waals surface area contributed by atoms with E-state index in [9.17, 15) is 9.59 Å². The Balaban J connectivity index is 1.58. The molecule has 2 N–H and O–H groups in total. The van der Waals surface area contributed by atoms with E-state index < -0.39 is 0 Å². The molecule has 7 nitrogen and oxygen atoms in total. The van der Waals surface area contributed by atoms with Crippen LogP contribution < -0.4 is 15.4 Å². The number of benzene rings is 2. The Morgan fingerprint density at radius 3 is 2.41 bits per heavy atom. The Morgan fingerprint density at radius 1 is 0.963 bits per heavy atom. The maximum Gasteiger partial charge on any atom is 0.228 e. The van der Waals surface area contributed by atoms with Crippen molar-refractivity contribution in [2.24, 2.45) is 0 Å². The van der Waals surface area contributed by atoms with Crippen molar-refractivity contribution in [3.05, 3.63) is 72.6 Å². The summed E-state index contributed by atoms with van der Waals surface area (Å²) in [5.74, 6) is 0.920. The molecule has 0 fully saturated rings. The van der Waals surface area contributed by atoms with Gasteiger partial charge in [-0.1, -0.05) is 30.3 Å². The molecule has 27 heavy (non-hydrogen) atoms. The first-order valence-corrected chi connectivity index (χ1v) is 8.30. The number of nitrogens with zero attached hydrogens (tertiary/aromatic N) is 2. The van der Waals surface area contributed by atoms with Crippen LogP contribution in [-0.4, -0.2) is 21.8 Å². The summed E-state index contributed by atoms with van der Waals surface area (Å²) in [4.78, 5) is 31.1. The first-order valence-electron chi connectivity index (χ1n) is 8.30. The number of amides is 2. The van der Waals surface area contributed by atoms with Crippen molar-refractivity contribution in [2.45, 2.75) is 13.3 Å². The molecule has 0 aliphatic heterocycles. The minimum absolute atomic E-state index is 0.0920. The van der Waals surface area contributed by atoms with Gasteiger partial charge in [-0.3, -0.25) is 9.59 Å². The van der Waals surface area contributed by atoms with E-state index in [-0.39, 0.29) is 18.2 Å². The molecular weight excluding hydrogens is 344 g/mol. The standard InChI is InChI=1S/C20H18N4O3/c1-14(25)23-18-12-20(22-13-21-18)27-17-9-7-15(8-10-17)11-19(26)24-16-5-3-2-4-6-16/h2-10,12-13H,11H2,1H3,(H,24,26)(H,21,22,23,25). The predicted octanol–water partition coefficient (Wildman–Crippen LogP) is 3.41. The van der Waals surface area contributed by atoms with E-state index in [0.717, 1.165) is 11.3 Å². The highest BCUT2D eigenvalue weighted by Gasteiger charge is 2.06. The zero-order chi connectivity index (χ0) is 19.1. The predicted molar refractivity (Wildman–Crippen MR) is 102 cm³/mol. The van der Waals surface area contributed by atoms with E-state index >= 15 is 0 Å². The minimum Gasteiger partial charge on any atom is -0.439 e. The Morgan fingerprint density at radius 2 is 1.70 bits per heavy atom. The number of para-hydroxylation sites is 1. The molecule has 0 saturated carbocycles. The van der Waals surface area contributed by atoms with Gasteiger partial charge in [0.05, 0.1) is 6.42 Å². The van der Waals surface area contributed by atoms with Crippen LogP contribution in [-0.2, 0) is 16.0 Å². The topological polar surface area (TPSA) is 93.2 Å². The number of carbonyl (C=O) groups excluding carboxylic acids is 2. The number of hydrogen-bond acceptors (Lipinski definition) is 5. The SMILES string of the molecule is CC(=O)Nc1cc(Oc2ccc(CC(=O)Nc3ccccc3)cc2)ncn1.